The Bertz CT molecular complexity index is 907. The minimum Gasteiger partial charge on any atom is -0.463 e. The first kappa shape index (κ1) is 14.9. The van der Waals surface area contributed by atoms with E-state index in [9.17, 15) is 13.6 Å². The molecule has 0 atom stereocenters. The molecule has 0 bridgehead atoms. The van der Waals surface area contributed by atoms with Crippen molar-refractivity contribution in [3.05, 3.63) is 59.5 Å². The summed E-state index contributed by atoms with van der Waals surface area (Å²) >= 11 is 0. The third-order valence-electron chi connectivity index (χ3n) is 4.48. The maximum atomic E-state index is 14.0. The Morgan fingerprint density at radius 1 is 1.12 bits per heavy atom. The fourth-order valence-corrected chi connectivity index (χ4v) is 3.23. The first-order valence-electron chi connectivity index (χ1n) is 7.93. The number of amides is 1. The van der Waals surface area contributed by atoms with E-state index in [4.69, 9.17) is 4.42 Å². The molecule has 0 aliphatic carbocycles. The normalized spacial score (nSPS) is 14.7. The topological polar surface area (TPSA) is 38.4 Å². The molecular weight excluding hydrogens is 314 g/mol. The number of nitrogens with zero attached hydrogens (tertiary/aromatic N) is 2. The van der Waals surface area contributed by atoms with E-state index in [-0.39, 0.29) is 12.5 Å². The summed E-state index contributed by atoms with van der Waals surface area (Å²) in [5.41, 5.74) is 2.10. The van der Waals surface area contributed by atoms with Crippen LogP contribution in [0.4, 0.5) is 8.78 Å². The van der Waals surface area contributed by atoms with Gasteiger partial charge in [-0.25, -0.2) is 8.78 Å². The maximum absolute atomic E-state index is 14.0. The van der Waals surface area contributed by atoms with Gasteiger partial charge in [-0.05, 0) is 18.9 Å². The van der Waals surface area contributed by atoms with Gasteiger partial charge in [0.25, 0.3) is 5.91 Å². The van der Waals surface area contributed by atoms with Gasteiger partial charge in [0.15, 0.2) is 5.58 Å². The summed E-state index contributed by atoms with van der Waals surface area (Å²) < 4.78 is 34.3. The Morgan fingerprint density at radius 2 is 1.92 bits per heavy atom. The number of carbonyl (C=O) groups is 1. The molecule has 2 aromatic heterocycles. The van der Waals surface area contributed by atoms with Crippen molar-refractivity contribution >= 4 is 17.0 Å². The Kier molecular flexibility index (Phi) is 3.59. The lowest BCUT2D eigenvalue weighted by molar-refractivity contribution is 0.0783. The van der Waals surface area contributed by atoms with Crippen molar-refractivity contribution in [2.75, 3.05) is 13.1 Å². The van der Waals surface area contributed by atoms with Gasteiger partial charge in [0.2, 0.25) is 0 Å². The van der Waals surface area contributed by atoms with Gasteiger partial charge in [0.05, 0.1) is 18.3 Å². The number of furan rings is 1. The van der Waals surface area contributed by atoms with Crippen molar-refractivity contribution in [1.29, 1.82) is 0 Å². The zero-order valence-corrected chi connectivity index (χ0v) is 13.0. The standard InChI is InChI=1S/C18H16F2N2O2/c19-13-4-3-12(14(20)9-13)11-22-15-5-8-24-17(15)10-16(22)18(23)21-6-1-2-7-21/h3-5,8-10H,1-2,6-7,11H2. The second-order valence-electron chi connectivity index (χ2n) is 6.02. The molecule has 124 valence electrons. The number of benzene rings is 1. The summed E-state index contributed by atoms with van der Waals surface area (Å²) in [5.74, 6) is -1.33. The van der Waals surface area contributed by atoms with Crippen molar-refractivity contribution in [3.63, 3.8) is 0 Å². The average molecular weight is 330 g/mol. The number of hydrogen-bond donors (Lipinski definition) is 0. The second-order valence-corrected chi connectivity index (χ2v) is 6.02. The van der Waals surface area contributed by atoms with E-state index in [1.165, 1.54) is 18.4 Å². The largest absolute Gasteiger partial charge is 0.463 e. The molecule has 0 N–H and O–H groups in total. The van der Waals surface area contributed by atoms with Gasteiger partial charge in [-0.2, -0.15) is 0 Å². The highest BCUT2D eigenvalue weighted by molar-refractivity contribution is 5.97. The zero-order valence-electron chi connectivity index (χ0n) is 13.0. The van der Waals surface area contributed by atoms with E-state index in [0.717, 1.165) is 37.5 Å². The predicted octanol–water partition coefficient (Wildman–Crippen LogP) is 3.80. The number of fused-ring (bicyclic) bond motifs is 1. The number of halogens is 2. The van der Waals surface area contributed by atoms with E-state index < -0.39 is 11.6 Å². The average Bonchev–Trinajstić information content (AvgIpc) is 3.27. The van der Waals surface area contributed by atoms with Gasteiger partial charge >= 0.3 is 0 Å². The van der Waals surface area contributed by atoms with Crippen LogP contribution in [0.25, 0.3) is 11.1 Å². The van der Waals surface area contributed by atoms with E-state index >= 15 is 0 Å². The van der Waals surface area contributed by atoms with Crippen LogP contribution in [0.1, 0.15) is 28.9 Å². The Morgan fingerprint density at radius 3 is 2.67 bits per heavy atom. The molecule has 6 heteroatoms. The molecule has 1 fully saturated rings. The molecule has 24 heavy (non-hydrogen) atoms. The third-order valence-corrected chi connectivity index (χ3v) is 4.48. The quantitative estimate of drug-likeness (QED) is 0.733. The molecule has 1 amide bonds. The van der Waals surface area contributed by atoms with Crippen molar-refractivity contribution in [2.24, 2.45) is 0 Å². The van der Waals surface area contributed by atoms with Gasteiger partial charge in [0.1, 0.15) is 17.3 Å². The van der Waals surface area contributed by atoms with Crippen LogP contribution in [0, 0.1) is 11.6 Å². The number of aromatic nitrogens is 1. The van der Waals surface area contributed by atoms with Crippen LogP contribution >= 0.6 is 0 Å². The van der Waals surface area contributed by atoms with Crippen LogP contribution < -0.4 is 0 Å². The van der Waals surface area contributed by atoms with Crippen LogP contribution in [0.2, 0.25) is 0 Å². The van der Waals surface area contributed by atoms with Crippen LogP contribution in [-0.2, 0) is 6.54 Å². The third kappa shape index (κ3) is 2.48. The molecule has 0 radical (unpaired) electrons. The van der Waals surface area contributed by atoms with Crippen molar-refractivity contribution in [3.8, 4) is 0 Å². The summed E-state index contributed by atoms with van der Waals surface area (Å²) in [6.45, 7) is 1.61. The summed E-state index contributed by atoms with van der Waals surface area (Å²) in [6, 6.07) is 6.92. The monoisotopic (exact) mass is 330 g/mol. The van der Waals surface area contributed by atoms with Crippen LogP contribution in [0.5, 0.6) is 0 Å². The molecule has 1 aromatic carbocycles. The Hall–Kier alpha value is -2.63. The van der Waals surface area contributed by atoms with E-state index in [1.807, 2.05) is 0 Å². The van der Waals surface area contributed by atoms with Gasteiger partial charge < -0.3 is 13.9 Å². The lowest BCUT2D eigenvalue weighted by atomic mass is 10.2. The Labute approximate surface area is 137 Å². The van der Waals surface area contributed by atoms with Gasteiger partial charge in [-0.3, -0.25) is 4.79 Å². The van der Waals surface area contributed by atoms with Gasteiger partial charge in [0, 0.05) is 36.9 Å². The molecule has 0 saturated carbocycles. The summed E-state index contributed by atoms with van der Waals surface area (Å²) in [6.07, 6.45) is 3.52. The lowest BCUT2D eigenvalue weighted by Gasteiger charge is -2.17. The first-order valence-corrected chi connectivity index (χ1v) is 7.93. The van der Waals surface area contributed by atoms with Crippen LogP contribution in [0.15, 0.2) is 41.0 Å². The maximum Gasteiger partial charge on any atom is 0.270 e. The predicted molar refractivity (Wildman–Crippen MR) is 84.8 cm³/mol. The minimum absolute atomic E-state index is 0.0820. The first-order chi connectivity index (χ1) is 11.6. The highest BCUT2D eigenvalue weighted by Gasteiger charge is 2.25. The van der Waals surface area contributed by atoms with E-state index in [1.54, 1.807) is 21.6 Å². The molecule has 3 heterocycles. The SMILES string of the molecule is O=C(c1cc2occc2n1Cc1ccc(F)cc1F)N1CCCC1. The zero-order chi connectivity index (χ0) is 16.7. The highest BCUT2D eigenvalue weighted by atomic mass is 19.1. The van der Waals surface area contributed by atoms with Crippen LogP contribution in [-0.4, -0.2) is 28.5 Å². The number of carbonyl (C=O) groups excluding carboxylic acids is 1. The summed E-state index contributed by atoms with van der Waals surface area (Å²) in [4.78, 5) is 14.6. The van der Waals surface area contributed by atoms with E-state index in [0.29, 0.717) is 16.8 Å². The van der Waals surface area contributed by atoms with E-state index in [2.05, 4.69) is 0 Å². The Balaban J connectivity index is 1.76. The summed E-state index contributed by atoms with van der Waals surface area (Å²) in [5, 5.41) is 0. The highest BCUT2D eigenvalue weighted by Crippen LogP contribution is 2.25. The lowest BCUT2D eigenvalue weighted by Crippen LogP contribution is -2.29. The fourth-order valence-electron chi connectivity index (χ4n) is 3.23. The molecule has 1 aliphatic rings. The molecule has 4 rings (SSSR count). The van der Waals surface area contributed by atoms with Crippen molar-refractivity contribution in [2.45, 2.75) is 19.4 Å². The summed E-state index contributed by atoms with van der Waals surface area (Å²) in [7, 11) is 0. The fraction of sp³-hybridized carbons (Fsp3) is 0.278. The molecule has 0 spiro atoms. The molecule has 1 aliphatic heterocycles. The molecular formula is C18H16F2N2O2. The van der Waals surface area contributed by atoms with Gasteiger partial charge in [-0.1, -0.05) is 6.07 Å². The van der Waals surface area contributed by atoms with Crippen molar-refractivity contribution in [1.82, 2.24) is 9.47 Å². The second kappa shape index (κ2) is 5.78. The van der Waals surface area contributed by atoms with Crippen molar-refractivity contribution < 1.29 is 18.0 Å². The smallest absolute Gasteiger partial charge is 0.270 e. The minimum atomic E-state index is -0.625. The number of likely N-dealkylation sites (tertiary alicyclic amines) is 1. The van der Waals surface area contributed by atoms with Gasteiger partial charge in [-0.15, -0.1) is 0 Å². The molecule has 0 unspecified atom stereocenters. The molecule has 4 nitrogen and oxygen atoms in total. The van der Waals surface area contributed by atoms with Crippen LogP contribution in [0.3, 0.4) is 0 Å². The molecule has 1 saturated heterocycles. The molecule has 3 aromatic rings. The number of rotatable bonds is 3. The number of hydrogen-bond acceptors (Lipinski definition) is 2.